The third-order valence-electron chi connectivity index (χ3n) is 3.55. The van der Waals surface area contributed by atoms with Gasteiger partial charge in [0.25, 0.3) is 0 Å². The van der Waals surface area contributed by atoms with Gasteiger partial charge in [-0.2, -0.15) is 0 Å². The van der Waals surface area contributed by atoms with Crippen LogP contribution >= 0.6 is 0 Å². The third kappa shape index (κ3) is 2.54. The molecule has 1 aromatic rings. The van der Waals surface area contributed by atoms with Gasteiger partial charge in [0.2, 0.25) is 0 Å². The third-order valence-corrected chi connectivity index (χ3v) is 3.55. The number of aliphatic carboxylic acids is 1. The highest BCUT2D eigenvalue weighted by atomic mass is 16.5. The molecule has 0 amide bonds. The van der Waals surface area contributed by atoms with Crippen LogP contribution in [0.15, 0.2) is 24.3 Å². The lowest BCUT2D eigenvalue weighted by Gasteiger charge is -2.37. The SMILES string of the molecule is Cc1ccc(C(C(=O)O)C2(O)CCOCC2)cc1. The molecule has 4 nitrogen and oxygen atoms in total. The number of carboxylic acid groups (broad SMARTS) is 1. The lowest BCUT2D eigenvalue weighted by Crippen LogP contribution is -2.45. The second-order valence-corrected chi connectivity index (χ2v) is 4.90. The van der Waals surface area contributed by atoms with E-state index in [-0.39, 0.29) is 0 Å². The summed E-state index contributed by atoms with van der Waals surface area (Å²) in [6.07, 6.45) is 0.718. The van der Waals surface area contributed by atoms with Gasteiger partial charge in [0.05, 0.1) is 5.60 Å². The summed E-state index contributed by atoms with van der Waals surface area (Å²) >= 11 is 0. The van der Waals surface area contributed by atoms with Gasteiger partial charge in [-0.25, -0.2) is 0 Å². The Kier molecular flexibility index (Phi) is 3.68. The summed E-state index contributed by atoms with van der Waals surface area (Å²) < 4.78 is 5.20. The van der Waals surface area contributed by atoms with E-state index in [1.165, 1.54) is 0 Å². The van der Waals surface area contributed by atoms with Crippen LogP contribution in [0.1, 0.15) is 29.9 Å². The smallest absolute Gasteiger partial charge is 0.313 e. The first-order valence-electron chi connectivity index (χ1n) is 6.12. The minimum atomic E-state index is -1.21. The molecule has 0 saturated carbocycles. The van der Waals surface area contributed by atoms with Crippen molar-refractivity contribution in [2.24, 2.45) is 0 Å². The zero-order valence-corrected chi connectivity index (χ0v) is 10.4. The first-order chi connectivity index (χ1) is 8.53. The van der Waals surface area contributed by atoms with Crippen molar-refractivity contribution < 1.29 is 19.7 Å². The highest BCUT2D eigenvalue weighted by molar-refractivity contribution is 5.78. The van der Waals surface area contributed by atoms with E-state index in [4.69, 9.17) is 4.74 Å². The molecule has 0 bridgehead atoms. The molecule has 0 radical (unpaired) electrons. The first kappa shape index (κ1) is 13.1. The maximum absolute atomic E-state index is 11.5. The Hall–Kier alpha value is -1.39. The van der Waals surface area contributed by atoms with Crippen LogP contribution in [-0.2, 0) is 9.53 Å². The molecule has 0 aliphatic carbocycles. The molecule has 1 atom stereocenters. The molecule has 1 aliphatic heterocycles. The Bertz CT molecular complexity index is 418. The predicted octanol–water partition coefficient (Wildman–Crippen LogP) is 1.70. The minimum absolute atomic E-state index is 0.359. The molecule has 98 valence electrons. The fourth-order valence-electron chi connectivity index (χ4n) is 2.46. The quantitative estimate of drug-likeness (QED) is 0.857. The number of aryl methyl sites for hydroxylation is 1. The molecule has 1 aromatic carbocycles. The van der Waals surface area contributed by atoms with Gasteiger partial charge < -0.3 is 14.9 Å². The molecule has 1 saturated heterocycles. The van der Waals surface area contributed by atoms with Crippen LogP contribution in [0.3, 0.4) is 0 Å². The highest BCUT2D eigenvalue weighted by Gasteiger charge is 2.43. The van der Waals surface area contributed by atoms with Crippen molar-refractivity contribution in [3.05, 3.63) is 35.4 Å². The summed E-state index contributed by atoms with van der Waals surface area (Å²) in [6, 6.07) is 7.30. The second kappa shape index (κ2) is 5.08. The Morgan fingerprint density at radius 1 is 1.28 bits per heavy atom. The van der Waals surface area contributed by atoms with Crippen LogP contribution in [0.5, 0.6) is 0 Å². The Balaban J connectivity index is 2.33. The zero-order valence-electron chi connectivity index (χ0n) is 10.4. The van der Waals surface area contributed by atoms with E-state index in [1.807, 2.05) is 19.1 Å². The van der Waals surface area contributed by atoms with Crippen LogP contribution in [0, 0.1) is 6.92 Å². The fourth-order valence-corrected chi connectivity index (χ4v) is 2.46. The molecule has 2 N–H and O–H groups in total. The Morgan fingerprint density at radius 2 is 1.83 bits per heavy atom. The van der Waals surface area contributed by atoms with Crippen molar-refractivity contribution in [3.8, 4) is 0 Å². The number of rotatable bonds is 3. The summed E-state index contributed by atoms with van der Waals surface area (Å²) in [5.41, 5.74) is 0.513. The minimum Gasteiger partial charge on any atom is -0.481 e. The maximum atomic E-state index is 11.5. The molecule has 0 spiro atoms. The van der Waals surface area contributed by atoms with Gasteiger partial charge in [-0.1, -0.05) is 29.8 Å². The standard InChI is InChI=1S/C14H18O4/c1-10-2-4-11(5-3-10)12(13(15)16)14(17)6-8-18-9-7-14/h2-5,12,17H,6-9H2,1H3,(H,15,16). The summed E-state index contributed by atoms with van der Waals surface area (Å²) in [5, 5.41) is 20.0. The van der Waals surface area contributed by atoms with Crippen LogP contribution in [0.25, 0.3) is 0 Å². The van der Waals surface area contributed by atoms with Gasteiger partial charge in [0, 0.05) is 26.1 Å². The van der Waals surface area contributed by atoms with Gasteiger partial charge in [0.15, 0.2) is 0 Å². The van der Waals surface area contributed by atoms with E-state index in [9.17, 15) is 15.0 Å². The highest BCUT2D eigenvalue weighted by Crippen LogP contribution is 2.36. The summed E-state index contributed by atoms with van der Waals surface area (Å²) in [7, 11) is 0. The Labute approximate surface area is 106 Å². The largest absolute Gasteiger partial charge is 0.481 e. The average Bonchev–Trinajstić information content (AvgIpc) is 2.32. The lowest BCUT2D eigenvalue weighted by atomic mass is 9.77. The molecule has 1 unspecified atom stereocenters. The number of ether oxygens (including phenoxy) is 1. The number of benzene rings is 1. The van der Waals surface area contributed by atoms with Crippen LogP contribution in [-0.4, -0.2) is 35.0 Å². The van der Waals surface area contributed by atoms with E-state index in [1.54, 1.807) is 12.1 Å². The molecular formula is C14H18O4. The van der Waals surface area contributed by atoms with Crippen LogP contribution in [0.2, 0.25) is 0 Å². The monoisotopic (exact) mass is 250 g/mol. The summed E-state index contributed by atoms with van der Waals surface area (Å²) in [4.78, 5) is 11.5. The molecule has 0 aromatic heterocycles. The summed E-state index contributed by atoms with van der Waals surface area (Å²) in [5.74, 6) is -1.87. The van der Waals surface area contributed by atoms with E-state index in [2.05, 4.69) is 0 Å². The van der Waals surface area contributed by atoms with E-state index >= 15 is 0 Å². The van der Waals surface area contributed by atoms with Crippen molar-refractivity contribution in [2.75, 3.05) is 13.2 Å². The van der Waals surface area contributed by atoms with Gasteiger partial charge in [0.1, 0.15) is 5.92 Å². The second-order valence-electron chi connectivity index (χ2n) is 4.90. The molecule has 1 fully saturated rings. The molecule has 1 heterocycles. The van der Waals surface area contributed by atoms with Crippen LogP contribution < -0.4 is 0 Å². The van der Waals surface area contributed by atoms with Crippen molar-refractivity contribution in [3.63, 3.8) is 0 Å². The molecule has 2 rings (SSSR count). The fraction of sp³-hybridized carbons (Fsp3) is 0.500. The normalized spacial score (nSPS) is 20.3. The topological polar surface area (TPSA) is 66.8 Å². The lowest BCUT2D eigenvalue weighted by molar-refractivity contribution is -0.151. The van der Waals surface area contributed by atoms with Gasteiger partial charge in [-0.3, -0.25) is 4.79 Å². The number of carboxylic acids is 1. The predicted molar refractivity (Wildman–Crippen MR) is 66.6 cm³/mol. The van der Waals surface area contributed by atoms with Crippen molar-refractivity contribution >= 4 is 5.97 Å². The Morgan fingerprint density at radius 3 is 2.33 bits per heavy atom. The number of carbonyl (C=O) groups is 1. The molecule has 1 aliphatic rings. The average molecular weight is 250 g/mol. The number of aliphatic hydroxyl groups is 1. The number of hydrogen-bond acceptors (Lipinski definition) is 3. The molecular weight excluding hydrogens is 232 g/mol. The number of hydrogen-bond donors (Lipinski definition) is 2. The van der Waals surface area contributed by atoms with Crippen molar-refractivity contribution in [1.29, 1.82) is 0 Å². The van der Waals surface area contributed by atoms with Gasteiger partial charge in [-0.15, -0.1) is 0 Å². The summed E-state index contributed by atoms with van der Waals surface area (Å²) in [6.45, 7) is 2.76. The molecule has 4 heteroatoms. The van der Waals surface area contributed by atoms with E-state index in [0.29, 0.717) is 31.6 Å². The van der Waals surface area contributed by atoms with Gasteiger partial charge in [-0.05, 0) is 12.5 Å². The van der Waals surface area contributed by atoms with E-state index < -0.39 is 17.5 Å². The van der Waals surface area contributed by atoms with Crippen molar-refractivity contribution in [2.45, 2.75) is 31.3 Å². The molecule has 18 heavy (non-hydrogen) atoms. The van der Waals surface area contributed by atoms with Crippen molar-refractivity contribution in [1.82, 2.24) is 0 Å². The zero-order chi connectivity index (χ0) is 13.2. The first-order valence-corrected chi connectivity index (χ1v) is 6.12. The van der Waals surface area contributed by atoms with Gasteiger partial charge >= 0.3 is 5.97 Å². The van der Waals surface area contributed by atoms with E-state index in [0.717, 1.165) is 5.56 Å². The van der Waals surface area contributed by atoms with Crippen LogP contribution in [0.4, 0.5) is 0 Å². The maximum Gasteiger partial charge on any atom is 0.313 e.